The van der Waals surface area contributed by atoms with Crippen LogP contribution in [0.3, 0.4) is 0 Å². The molecule has 2 nitrogen and oxygen atoms in total. The van der Waals surface area contributed by atoms with Gasteiger partial charge in [0, 0.05) is 11.6 Å². The van der Waals surface area contributed by atoms with Crippen LogP contribution in [0.15, 0.2) is 30.5 Å². The molecule has 0 atom stereocenters. The molecule has 1 aromatic heterocycles. The minimum atomic E-state index is -0.245. The van der Waals surface area contributed by atoms with Gasteiger partial charge in [0.2, 0.25) is 5.28 Å². The van der Waals surface area contributed by atoms with Crippen molar-refractivity contribution in [2.24, 2.45) is 0 Å². The topological polar surface area (TPSA) is 17.8 Å². The van der Waals surface area contributed by atoms with Crippen LogP contribution >= 0.6 is 11.6 Å². The summed E-state index contributed by atoms with van der Waals surface area (Å²) in [7, 11) is 0. The monoisotopic (exact) mass is 238 g/mol. The Hall–Kier alpha value is -1.35. The maximum Gasteiger partial charge on any atom is 0.203 e. The minimum absolute atomic E-state index is 0.218. The van der Waals surface area contributed by atoms with Gasteiger partial charge in [-0.15, -0.1) is 0 Å². The van der Waals surface area contributed by atoms with Crippen molar-refractivity contribution in [2.45, 2.75) is 19.9 Å². The predicted molar refractivity (Wildman–Crippen MR) is 63.0 cm³/mol. The Balaban J connectivity index is 2.52. The zero-order valence-corrected chi connectivity index (χ0v) is 9.87. The van der Waals surface area contributed by atoms with Crippen molar-refractivity contribution in [1.82, 2.24) is 9.55 Å². The van der Waals surface area contributed by atoms with E-state index in [1.807, 2.05) is 18.4 Å². The molecule has 0 fully saturated rings. The lowest BCUT2D eigenvalue weighted by atomic mass is 10.1. The fourth-order valence-electron chi connectivity index (χ4n) is 1.66. The molecule has 0 aliphatic carbocycles. The third kappa shape index (κ3) is 1.95. The zero-order chi connectivity index (χ0) is 11.7. The molecule has 1 heterocycles. The molecule has 0 aliphatic heterocycles. The average molecular weight is 239 g/mol. The van der Waals surface area contributed by atoms with Crippen LogP contribution in [0.2, 0.25) is 5.28 Å². The van der Waals surface area contributed by atoms with Crippen LogP contribution in [0.5, 0.6) is 0 Å². The normalized spacial score (nSPS) is 11.1. The lowest BCUT2D eigenvalue weighted by molar-refractivity contribution is 0.606. The van der Waals surface area contributed by atoms with E-state index in [0.29, 0.717) is 5.28 Å². The van der Waals surface area contributed by atoms with E-state index < -0.39 is 0 Å². The van der Waals surface area contributed by atoms with Crippen LogP contribution in [0.25, 0.3) is 11.3 Å². The average Bonchev–Trinajstić information content (AvgIpc) is 2.61. The second-order valence-corrected chi connectivity index (χ2v) is 4.22. The van der Waals surface area contributed by atoms with Gasteiger partial charge in [-0.25, -0.2) is 9.37 Å². The highest BCUT2D eigenvalue weighted by Gasteiger charge is 2.12. The van der Waals surface area contributed by atoms with E-state index in [0.717, 1.165) is 11.3 Å². The van der Waals surface area contributed by atoms with Crippen LogP contribution in [-0.4, -0.2) is 9.55 Å². The number of rotatable bonds is 2. The van der Waals surface area contributed by atoms with E-state index in [-0.39, 0.29) is 11.9 Å². The van der Waals surface area contributed by atoms with Gasteiger partial charge in [-0.3, -0.25) is 0 Å². The second-order valence-electron chi connectivity index (χ2n) is 3.88. The van der Waals surface area contributed by atoms with E-state index in [4.69, 9.17) is 11.6 Å². The molecule has 0 bridgehead atoms. The van der Waals surface area contributed by atoms with Crippen LogP contribution in [0.4, 0.5) is 4.39 Å². The summed E-state index contributed by atoms with van der Waals surface area (Å²) in [6.45, 7) is 4.06. The Labute approximate surface area is 98.7 Å². The van der Waals surface area contributed by atoms with Crippen molar-refractivity contribution in [2.75, 3.05) is 0 Å². The number of hydrogen-bond donors (Lipinski definition) is 0. The smallest absolute Gasteiger partial charge is 0.203 e. The molecule has 0 aliphatic rings. The van der Waals surface area contributed by atoms with Gasteiger partial charge >= 0.3 is 0 Å². The Morgan fingerprint density at radius 1 is 1.25 bits per heavy atom. The van der Waals surface area contributed by atoms with Gasteiger partial charge in [0.1, 0.15) is 5.82 Å². The SMILES string of the molecule is CC(C)n1c(-c2ccc(F)cc2)cnc1Cl. The highest BCUT2D eigenvalue weighted by atomic mass is 35.5. The van der Waals surface area contributed by atoms with Crippen LogP contribution in [-0.2, 0) is 0 Å². The first-order valence-corrected chi connectivity index (χ1v) is 5.46. The number of hydrogen-bond acceptors (Lipinski definition) is 1. The standard InChI is InChI=1S/C12H12ClFN2/c1-8(2)16-11(7-15-12(16)13)9-3-5-10(14)6-4-9/h3-8H,1-2H3. The predicted octanol–water partition coefficient (Wildman–Crippen LogP) is 3.92. The van der Waals surface area contributed by atoms with Crippen molar-refractivity contribution < 1.29 is 4.39 Å². The highest BCUT2D eigenvalue weighted by Crippen LogP contribution is 2.26. The van der Waals surface area contributed by atoms with Gasteiger partial charge in [-0.05, 0) is 49.7 Å². The van der Waals surface area contributed by atoms with Gasteiger partial charge in [-0.2, -0.15) is 0 Å². The van der Waals surface area contributed by atoms with Gasteiger partial charge in [0.25, 0.3) is 0 Å². The molecule has 0 unspecified atom stereocenters. The highest BCUT2D eigenvalue weighted by molar-refractivity contribution is 6.28. The lowest BCUT2D eigenvalue weighted by Gasteiger charge is -2.12. The molecule has 2 aromatic rings. The van der Waals surface area contributed by atoms with Gasteiger partial charge < -0.3 is 4.57 Å². The van der Waals surface area contributed by atoms with E-state index >= 15 is 0 Å². The van der Waals surface area contributed by atoms with Gasteiger partial charge in [0.05, 0.1) is 11.9 Å². The summed E-state index contributed by atoms with van der Waals surface area (Å²) in [6.07, 6.45) is 1.70. The van der Waals surface area contributed by atoms with Crippen molar-refractivity contribution in [1.29, 1.82) is 0 Å². The fraction of sp³-hybridized carbons (Fsp3) is 0.250. The van der Waals surface area contributed by atoms with Crippen LogP contribution in [0.1, 0.15) is 19.9 Å². The number of halogens is 2. The molecule has 1 aromatic carbocycles. The molecule has 0 N–H and O–H groups in total. The van der Waals surface area contributed by atoms with Crippen molar-refractivity contribution in [3.05, 3.63) is 41.6 Å². The summed E-state index contributed by atoms with van der Waals surface area (Å²) in [5.41, 5.74) is 1.81. The number of aromatic nitrogens is 2. The number of imidazole rings is 1. The first kappa shape index (κ1) is 11.1. The summed E-state index contributed by atoms with van der Waals surface area (Å²) >= 11 is 6.00. The maximum atomic E-state index is 12.8. The molecule has 0 amide bonds. The Morgan fingerprint density at radius 2 is 1.88 bits per heavy atom. The quantitative estimate of drug-likeness (QED) is 0.775. The van der Waals surface area contributed by atoms with Gasteiger partial charge in [-0.1, -0.05) is 0 Å². The molecule has 0 spiro atoms. The summed E-state index contributed by atoms with van der Waals surface area (Å²) in [5.74, 6) is -0.245. The molecule has 4 heteroatoms. The van der Waals surface area contributed by atoms with Crippen molar-refractivity contribution in [3.8, 4) is 11.3 Å². The Kier molecular flexibility index (Phi) is 2.97. The first-order valence-electron chi connectivity index (χ1n) is 5.08. The van der Waals surface area contributed by atoms with E-state index in [9.17, 15) is 4.39 Å². The second kappa shape index (κ2) is 4.26. The van der Waals surface area contributed by atoms with E-state index in [1.54, 1.807) is 18.3 Å². The number of nitrogens with zero attached hydrogens (tertiary/aromatic N) is 2. The zero-order valence-electron chi connectivity index (χ0n) is 9.11. The first-order chi connectivity index (χ1) is 7.59. The Morgan fingerprint density at radius 3 is 2.44 bits per heavy atom. The summed E-state index contributed by atoms with van der Waals surface area (Å²) in [4.78, 5) is 4.07. The third-order valence-electron chi connectivity index (χ3n) is 2.41. The molecule has 0 saturated heterocycles. The summed E-state index contributed by atoms with van der Waals surface area (Å²) < 4.78 is 14.7. The summed E-state index contributed by atoms with van der Waals surface area (Å²) in [5, 5.41) is 0.453. The van der Waals surface area contributed by atoms with E-state index in [2.05, 4.69) is 4.98 Å². The molecule has 0 saturated carbocycles. The Bertz CT molecular complexity index is 488. The molecular weight excluding hydrogens is 227 g/mol. The molecule has 0 radical (unpaired) electrons. The van der Waals surface area contributed by atoms with Crippen LogP contribution < -0.4 is 0 Å². The third-order valence-corrected chi connectivity index (χ3v) is 2.69. The molecule has 16 heavy (non-hydrogen) atoms. The van der Waals surface area contributed by atoms with E-state index in [1.165, 1.54) is 12.1 Å². The van der Waals surface area contributed by atoms with Crippen molar-refractivity contribution >= 4 is 11.6 Å². The van der Waals surface area contributed by atoms with Gasteiger partial charge in [0.15, 0.2) is 0 Å². The number of benzene rings is 1. The maximum absolute atomic E-state index is 12.8. The minimum Gasteiger partial charge on any atom is -0.312 e. The van der Waals surface area contributed by atoms with Crippen molar-refractivity contribution in [3.63, 3.8) is 0 Å². The lowest BCUT2D eigenvalue weighted by Crippen LogP contribution is -2.02. The molecule has 2 rings (SSSR count). The fourth-order valence-corrected chi connectivity index (χ4v) is 2.00. The largest absolute Gasteiger partial charge is 0.312 e. The molecular formula is C12H12ClFN2. The van der Waals surface area contributed by atoms with Crippen LogP contribution in [0, 0.1) is 5.82 Å². The summed E-state index contributed by atoms with van der Waals surface area (Å²) in [6, 6.07) is 6.53. The molecule has 84 valence electrons.